The molecule has 0 saturated carbocycles. The summed E-state index contributed by atoms with van der Waals surface area (Å²) in [6, 6.07) is 2.82. The van der Waals surface area contributed by atoms with Gasteiger partial charge in [0.1, 0.15) is 11.3 Å². The first-order valence-electron chi connectivity index (χ1n) is 5.86. The van der Waals surface area contributed by atoms with Gasteiger partial charge in [-0.25, -0.2) is 4.79 Å². The number of phenols is 1. The van der Waals surface area contributed by atoms with Crippen molar-refractivity contribution in [1.82, 2.24) is 0 Å². The molecule has 13 heteroatoms. The highest BCUT2D eigenvalue weighted by atomic mass is 32.2. The van der Waals surface area contributed by atoms with Crippen LogP contribution in [-0.4, -0.2) is 49.4 Å². The molecular weight excluding hydrogens is 366 g/mol. The Labute approximate surface area is 133 Å². The highest BCUT2D eigenvalue weighted by Gasteiger charge is 2.66. The van der Waals surface area contributed by atoms with Crippen LogP contribution in [0.5, 0.6) is 5.75 Å². The van der Waals surface area contributed by atoms with Crippen molar-refractivity contribution < 1.29 is 49.6 Å². The zero-order valence-corrected chi connectivity index (χ0v) is 12.2. The second kappa shape index (κ2) is 6.55. The quantitative estimate of drug-likeness (QED) is 0.352. The lowest BCUT2D eigenvalue weighted by molar-refractivity contribution is -0.248. The molecule has 2 radical (unpaired) electrons. The molecule has 2 N–H and O–H groups in total. The van der Waals surface area contributed by atoms with Gasteiger partial charge in [-0.2, -0.15) is 30.4 Å². The van der Waals surface area contributed by atoms with Crippen LogP contribution in [0, 0.1) is 0 Å². The van der Waals surface area contributed by atoms with Crippen LogP contribution in [-0.2, 0) is 21.2 Å². The van der Waals surface area contributed by atoms with E-state index in [0.29, 0.717) is 0 Å². The lowest BCUT2D eigenvalue weighted by atomic mass is 9.95. The summed E-state index contributed by atoms with van der Waals surface area (Å²) >= 11 is 0. The van der Waals surface area contributed by atoms with Crippen LogP contribution in [0.15, 0.2) is 18.2 Å². The third-order valence-corrected chi connectivity index (χ3v) is 3.59. The van der Waals surface area contributed by atoms with Gasteiger partial charge in [-0.1, -0.05) is 17.9 Å². The van der Waals surface area contributed by atoms with Crippen molar-refractivity contribution in [2.24, 2.45) is 0 Å². The number of carbonyl (C=O) groups excluding carboxylic acids is 1. The smallest absolute Gasteiger partial charge is 0.432 e. The van der Waals surface area contributed by atoms with Crippen molar-refractivity contribution in [3.05, 3.63) is 29.3 Å². The fourth-order valence-electron chi connectivity index (χ4n) is 1.51. The zero-order chi connectivity index (χ0) is 18.9. The van der Waals surface area contributed by atoms with Crippen molar-refractivity contribution in [3.63, 3.8) is 0 Å². The highest BCUT2D eigenvalue weighted by molar-refractivity contribution is 7.86. The van der Waals surface area contributed by atoms with Crippen molar-refractivity contribution in [3.8, 4) is 5.75 Å². The third-order valence-electron chi connectivity index (χ3n) is 2.69. The molecule has 0 aliphatic heterocycles. The predicted molar refractivity (Wildman–Crippen MR) is 69.3 cm³/mol. The molecule has 0 saturated heterocycles. The van der Waals surface area contributed by atoms with Crippen molar-refractivity contribution >= 4 is 23.9 Å². The fourth-order valence-corrected chi connectivity index (χ4v) is 1.96. The molecule has 6 nitrogen and oxygen atoms in total. The Morgan fingerprint density at radius 3 is 2.21 bits per heavy atom. The number of rotatable bonds is 5. The number of phenolic OH excluding ortho intramolecular Hbond substituents is 1. The summed E-state index contributed by atoms with van der Waals surface area (Å²) in [5.74, 6) is -3.00. The van der Waals surface area contributed by atoms with Gasteiger partial charge in [-0.15, -0.1) is 0 Å². The maximum absolute atomic E-state index is 13.3. The Morgan fingerprint density at radius 2 is 1.79 bits per heavy atom. The molecule has 132 valence electrons. The van der Waals surface area contributed by atoms with Gasteiger partial charge in [0.05, 0.1) is 7.85 Å². The molecule has 1 atom stereocenters. The van der Waals surface area contributed by atoms with Crippen LogP contribution < -0.4 is 0 Å². The van der Waals surface area contributed by atoms with Crippen LogP contribution in [0.1, 0.15) is 15.9 Å². The molecule has 0 bridgehead atoms. The lowest BCUT2D eigenvalue weighted by Crippen LogP contribution is -2.52. The van der Waals surface area contributed by atoms with Crippen molar-refractivity contribution in [1.29, 1.82) is 0 Å². The summed E-state index contributed by atoms with van der Waals surface area (Å²) in [6.45, 7) is 0. The summed E-state index contributed by atoms with van der Waals surface area (Å²) in [6.07, 6.45) is -10.7. The summed E-state index contributed by atoms with van der Waals surface area (Å²) in [5, 5.41) is 3.54. The Balaban J connectivity index is 3.29. The van der Waals surface area contributed by atoms with Gasteiger partial charge in [0.25, 0.3) is 6.10 Å². The van der Waals surface area contributed by atoms with Gasteiger partial charge in [0, 0.05) is 0 Å². The van der Waals surface area contributed by atoms with E-state index in [9.17, 15) is 40.3 Å². The molecule has 0 amide bonds. The number of benzene rings is 1. The Bertz CT molecular complexity index is 733. The van der Waals surface area contributed by atoms with E-state index in [1.54, 1.807) is 0 Å². The number of halogens is 5. The topological polar surface area (TPSA) is 101 Å². The van der Waals surface area contributed by atoms with Crippen LogP contribution in [0.25, 0.3) is 0 Å². The third kappa shape index (κ3) is 4.14. The van der Waals surface area contributed by atoms with E-state index in [0.717, 1.165) is 12.1 Å². The molecule has 0 heterocycles. The van der Waals surface area contributed by atoms with Gasteiger partial charge in [-0.3, -0.25) is 4.55 Å². The number of aromatic hydroxyl groups is 1. The minimum Gasteiger partial charge on any atom is -0.507 e. The van der Waals surface area contributed by atoms with E-state index < -0.39 is 44.9 Å². The molecule has 1 rings (SSSR count). The monoisotopic (exact) mass is 374 g/mol. The molecule has 1 unspecified atom stereocenters. The fraction of sp³-hybridized carbons (Fsp3) is 0.364. The maximum Gasteiger partial charge on any atom is 0.432 e. The zero-order valence-electron chi connectivity index (χ0n) is 11.4. The molecule has 1 aromatic rings. The number of hydrogen-bond acceptors (Lipinski definition) is 5. The molecule has 24 heavy (non-hydrogen) atoms. The van der Waals surface area contributed by atoms with E-state index in [1.165, 1.54) is 6.07 Å². The molecule has 1 aromatic carbocycles. The predicted octanol–water partition coefficient (Wildman–Crippen LogP) is 1.63. The molecule has 0 spiro atoms. The second-order valence-corrected chi connectivity index (χ2v) is 5.91. The summed E-state index contributed by atoms with van der Waals surface area (Å²) in [4.78, 5) is 11.6. The second-order valence-electron chi connectivity index (χ2n) is 4.42. The number of ether oxygens (including phenoxy) is 1. The van der Waals surface area contributed by atoms with Crippen LogP contribution >= 0.6 is 0 Å². The molecule has 0 aromatic heterocycles. The Morgan fingerprint density at radius 1 is 1.25 bits per heavy atom. The SMILES string of the molecule is [B]Cc1ccc(O)c(C(=O)OC(C(F)(F)F)C(F)(F)S(=O)(=O)O)c1. The van der Waals surface area contributed by atoms with E-state index >= 15 is 0 Å². The van der Waals surface area contributed by atoms with Gasteiger partial charge in [0.15, 0.2) is 0 Å². The molecule has 0 aliphatic carbocycles. The minimum atomic E-state index is -6.55. The summed E-state index contributed by atoms with van der Waals surface area (Å²) < 4.78 is 97.3. The largest absolute Gasteiger partial charge is 0.507 e. The standard InChI is InChI=1S/C11H8BF5O6S/c12-4-5-1-2-7(18)6(3-5)8(19)23-9(10(13,14)15)11(16,17)24(20,21)22/h1-3,9,18H,4H2,(H,20,21,22). The number of alkyl halides is 5. The molecule has 0 fully saturated rings. The first-order valence-corrected chi connectivity index (χ1v) is 7.30. The van der Waals surface area contributed by atoms with E-state index in [4.69, 9.17) is 12.4 Å². The molecule has 0 aliphatic rings. The van der Waals surface area contributed by atoms with Crippen molar-refractivity contribution in [2.75, 3.05) is 0 Å². The number of carbonyl (C=O) groups is 1. The minimum absolute atomic E-state index is 0.143. The normalized spacial score (nSPS) is 14.2. The van der Waals surface area contributed by atoms with Crippen LogP contribution in [0.3, 0.4) is 0 Å². The summed E-state index contributed by atoms with van der Waals surface area (Å²) in [5.41, 5.74) is -0.803. The first-order chi connectivity index (χ1) is 10.7. The first kappa shape index (κ1) is 20.2. The number of hydrogen-bond donors (Lipinski definition) is 2. The van der Waals surface area contributed by atoms with Gasteiger partial charge in [-0.05, 0) is 12.1 Å². The average Bonchev–Trinajstić information content (AvgIpc) is 2.42. The lowest BCUT2D eigenvalue weighted by Gasteiger charge is -2.26. The van der Waals surface area contributed by atoms with Crippen LogP contribution in [0.2, 0.25) is 0 Å². The van der Waals surface area contributed by atoms with Gasteiger partial charge in [0.2, 0.25) is 0 Å². The van der Waals surface area contributed by atoms with E-state index in [-0.39, 0.29) is 11.9 Å². The average molecular weight is 374 g/mol. The van der Waals surface area contributed by atoms with Crippen LogP contribution in [0.4, 0.5) is 22.0 Å². The van der Waals surface area contributed by atoms with Gasteiger partial charge < -0.3 is 9.84 Å². The van der Waals surface area contributed by atoms with Crippen molar-refractivity contribution in [2.45, 2.75) is 23.9 Å². The maximum atomic E-state index is 13.3. The van der Waals surface area contributed by atoms with E-state index in [1.807, 2.05) is 0 Å². The Hall–Kier alpha value is -1.89. The summed E-state index contributed by atoms with van der Waals surface area (Å²) in [7, 11) is -1.33. The highest BCUT2D eigenvalue weighted by Crippen LogP contribution is 2.38. The van der Waals surface area contributed by atoms with Gasteiger partial charge >= 0.3 is 27.5 Å². The molecular formula is C11H8BF5O6S. The van der Waals surface area contributed by atoms with E-state index in [2.05, 4.69) is 4.74 Å². The number of esters is 1. The Kier molecular flexibility index (Phi) is 5.50.